The number of anilines is 4. The number of nitrogens with one attached hydrogen (secondary N) is 1. The van der Waals surface area contributed by atoms with Gasteiger partial charge in [0.25, 0.3) is 0 Å². The Kier molecular flexibility index (Phi) is 4.77. The lowest BCUT2D eigenvalue weighted by Crippen LogP contribution is -2.40. The van der Waals surface area contributed by atoms with E-state index in [0.717, 1.165) is 54.2 Å². The molecule has 1 amide bonds. The first-order valence-electron chi connectivity index (χ1n) is 9.41. The largest absolute Gasteiger partial charge is 0.399 e. The molecule has 0 radical (unpaired) electrons. The number of azo groups is 1. The van der Waals surface area contributed by atoms with Crippen molar-refractivity contribution >= 4 is 34.8 Å². The summed E-state index contributed by atoms with van der Waals surface area (Å²) in [6.45, 7) is 0.936. The maximum Gasteiger partial charge on any atom is 0.218 e. The van der Waals surface area contributed by atoms with Gasteiger partial charge in [-0.1, -0.05) is 0 Å². The summed E-state index contributed by atoms with van der Waals surface area (Å²) in [4.78, 5) is 17.1. The van der Waals surface area contributed by atoms with Gasteiger partial charge in [0.1, 0.15) is 6.17 Å². The van der Waals surface area contributed by atoms with E-state index >= 15 is 0 Å². The second-order valence-corrected chi connectivity index (χ2v) is 7.18. The monoisotopic (exact) mass is 379 g/mol. The first-order chi connectivity index (χ1) is 13.6. The van der Waals surface area contributed by atoms with Crippen molar-refractivity contribution in [2.45, 2.75) is 25.3 Å². The van der Waals surface area contributed by atoms with Crippen LogP contribution >= 0.6 is 0 Å². The molecule has 8 heteroatoms. The fourth-order valence-electron chi connectivity index (χ4n) is 3.94. The maximum atomic E-state index is 10.8. The number of amides is 1. The molecule has 0 aromatic heterocycles. The van der Waals surface area contributed by atoms with Crippen LogP contribution in [0.15, 0.2) is 52.7 Å². The molecule has 2 unspecified atom stereocenters. The minimum atomic E-state index is -0.212. The number of hydrogen-bond acceptors (Lipinski definition) is 7. The zero-order chi connectivity index (χ0) is 19.7. The van der Waals surface area contributed by atoms with E-state index in [0.29, 0.717) is 0 Å². The number of nitrogens with two attached hydrogens (primary N) is 1. The van der Waals surface area contributed by atoms with E-state index < -0.39 is 0 Å². The van der Waals surface area contributed by atoms with Gasteiger partial charge in [0.05, 0.1) is 17.1 Å². The van der Waals surface area contributed by atoms with Crippen LogP contribution in [0.5, 0.6) is 0 Å². The molecule has 2 aliphatic heterocycles. The Hall–Kier alpha value is -3.29. The topological polar surface area (TPSA) is 89.6 Å². The summed E-state index contributed by atoms with van der Waals surface area (Å²) in [5.74, 6) is 0. The van der Waals surface area contributed by atoms with Crippen molar-refractivity contribution < 1.29 is 4.79 Å². The summed E-state index contributed by atoms with van der Waals surface area (Å²) >= 11 is 0. The molecule has 4 rings (SSSR count). The standard InChI is InChI=1S/C20H25N7O/c1-25-17-10-5-14(21)12-18(17)26(2)20(25)24-23-15-6-8-16(9-7-15)27-11-3-4-19(27)22-13-28/h5-10,12-13,19-20H,3-4,11,21H2,1-2H3,(H,22,28). The lowest BCUT2D eigenvalue weighted by molar-refractivity contribution is -0.110. The molecule has 0 aliphatic carbocycles. The molecule has 3 N–H and O–H groups in total. The second-order valence-electron chi connectivity index (χ2n) is 7.18. The third-order valence-electron chi connectivity index (χ3n) is 5.42. The molecule has 2 aromatic rings. The molecule has 146 valence electrons. The summed E-state index contributed by atoms with van der Waals surface area (Å²) in [7, 11) is 3.99. The molecule has 1 fully saturated rings. The fourth-order valence-corrected chi connectivity index (χ4v) is 3.94. The lowest BCUT2D eigenvalue weighted by atomic mass is 10.2. The van der Waals surface area contributed by atoms with Gasteiger partial charge < -0.3 is 25.8 Å². The van der Waals surface area contributed by atoms with Crippen molar-refractivity contribution in [2.24, 2.45) is 10.2 Å². The van der Waals surface area contributed by atoms with Gasteiger partial charge in [0.15, 0.2) is 0 Å². The molecule has 8 nitrogen and oxygen atoms in total. The summed E-state index contributed by atoms with van der Waals surface area (Å²) in [6, 6.07) is 13.8. The average molecular weight is 379 g/mol. The highest BCUT2D eigenvalue weighted by molar-refractivity contribution is 5.79. The van der Waals surface area contributed by atoms with E-state index in [-0.39, 0.29) is 12.5 Å². The lowest BCUT2D eigenvalue weighted by Gasteiger charge is -2.26. The minimum Gasteiger partial charge on any atom is -0.399 e. The third kappa shape index (κ3) is 3.21. The summed E-state index contributed by atoms with van der Waals surface area (Å²) in [5, 5.41) is 11.8. The summed E-state index contributed by atoms with van der Waals surface area (Å²) < 4.78 is 0. The van der Waals surface area contributed by atoms with Gasteiger partial charge >= 0.3 is 0 Å². The zero-order valence-corrected chi connectivity index (χ0v) is 16.1. The number of nitrogens with zero attached hydrogens (tertiary/aromatic N) is 5. The van der Waals surface area contributed by atoms with Crippen LogP contribution in [0.25, 0.3) is 0 Å². The average Bonchev–Trinajstić information content (AvgIpc) is 3.25. The van der Waals surface area contributed by atoms with Crippen LogP contribution in [0.3, 0.4) is 0 Å². The van der Waals surface area contributed by atoms with Crippen molar-refractivity contribution in [3.63, 3.8) is 0 Å². The fraction of sp³-hybridized carbons (Fsp3) is 0.350. The van der Waals surface area contributed by atoms with E-state index in [1.807, 2.05) is 56.6 Å². The molecule has 2 heterocycles. The van der Waals surface area contributed by atoms with Gasteiger partial charge in [-0.3, -0.25) is 4.79 Å². The van der Waals surface area contributed by atoms with E-state index in [9.17, 15) is 4.79 Å². The van der Waals surface area contributed by atoms with Crippen LogP contribution in [0.2, 0.25) is 0 Å². The highest BCUT2D eigenvalue weighted by Gasteiger charge is 2.31. The van der Waals surface area contributed by atoms with Gasteiger partial charge in [-0.05, 0) is 55.3 Å². The van der Waals surface area contributed by atoms with E-state index in [4.69, 9.17) is 5.73 Å². The Morgan fingerprint density at radius 1 is 1.11 bits per heavy atom. The van der Waals surface area contributed by atoms with Gasteiger partial charge in [-0.2, -0.15) is 5.11 Å². The van der Waals surface area contributed by atoms with Crippen LogP contribution in [0.1, 0.15) is 12.8 Å². The van der Waals surface area contributed by atoms with Crippen LogP contribution in [-0.2, 0) is 4.79 Å². The number of carbonyl (C=O) groups excluding carboxylic acids is 1. The number of carbonyl (C=O) groups is 1. The minimum absolute atomic E-state index is 0.0664. The number of fused-ring (bicyclic) bond motifs is 1. The molecule has 0 saturated carbocycles. The van der Waals surface area contributed by atoms with E-state index in [1.165, 1.54) is 0 Å². The van der Waals surface area contributed by atoms with Crippen molar-refractivity contribution in [1.29, 1.82) is 0 Å². The van der Waals surface area contributed by atoms with Crippen LogP contribution in [0.4, 0.5) is 28.4 Å². The van der Waals surface area contributed by atoms with Gasteiger partial charge in [-0.15, -0.1) is 5.11 Å². The molecule has 2 aromatic carbocycles. The summed E-state index contributed by atoms with van der Waals surface area (Å²) in [6.07, 6.45) is 2.66. The Labute approximate surface area is 164 Å². The van der Waals surface area contributed by atoms with Crippen molar-refractivity contribution in [2.75, 3.05) is 41.1 Å². The highest BCUT2D eigenvalue weighted by Crippen LogP contribution is 2.39. The number of rotatable bonds is 5. The van der Waals surface area contributed by atoms with Crippen LogP contribution < -0.4 is 25.8 Å². The zero-order valence-electron chi connectivity index (χ0n) is 16.1. The number of nitrogen functional groups attached to an aromatic ring is 1. The quantitative estimate of drug-likeness (QED) is 0.474. The van der Waals surface area contributed by atoms with Crippen molar-refractivity contribution in [1.82, 2.24) is 5.32 Å². The number of benzene rings is 2. The highest BCUT2D eigenvalue weighted by atomic mass is 16.1. The third-order valence-corrected chi connectivity index (χ3v) is 5.42. The molecule has 0 bridgehead atoms. The molecular formula is C20H25N7O. The number of hydrogen-bond donors (Lipinski definition) is 2. The Balaban J connectivity index is 1.48. The SMILES string of the molecule is CN1c2ccc(N)cc2N(C)C1N=Nc1ccc(N2CCCC2NC=O)cc1. The summed E-state index contributed by atoms with van der Waals surface area (Å²) in [5.41, 5.74) is 10.6. The van der Waals surface area contributed by atoms with Gasteiger partial charge in [-0.25, -0.2) is 0 Å². The molecular weight excluding hydrogens is 354 g/mol. The molecule has 28 heavy (non-hydrogen) atoms. The van der Waals surface area contributed by atoms with Gasteiger partial charge in [0, 0.05) is 32.0 Å². The molecule has 2 atom stereocenters. The molecule has 0 spiro atoms. The first-order valence-corrected chi connectivity index (χ1v) is 9.41. The maximum absolute atomic E-state index is 10.8. The van der Waals surface area contributed by atoms with Gasteiger partial charge in [0.2, 0.25) is 12.7 Å². The van der Waals surface area contributed by atoms with Crippen molar-refractivity contribution in [3.8, 4) is 0 Å². The smallest absolute Gasteiger partial charge is 0.218 e. The van der Waals surface area contributed by atoms with E-state index in [2.05, 4.69) is 30.2 Å². The van der Waals surface area contributed by atoms with E-state index in [1.54, 1.807) is 0 Å². The Bertz CT molecular complexity index is 883. The molecule has 2 aliphatic rings. The second kappa shape index (κ2) is 7.38. The predicted octanol–water partition coefficient (Wildman–Crippen LogP) is 2.89. The Morgan fingerprint density at radius 2 is 1.86 bits per heavy atom. The van der Waals surface area contributed by atoms with Crippen LogP contribution in [0, 0.1) is 0 Å². The van der Waals surface area contributed by atoms with Crippen LogP contribution in [-0.4, -0.2) is 39.5 Å². The predicted molar refractivity (Wildman–Crippen MR) is 112 cm³/mol. The van der Waals surface area contributed by atoms with Crippen molar-refractivity contribution in [3.05, 3.63) is 42.5 Å². The first kappa shape index (κ1) is 18.1. The Morgan fingerprint density at radius 3 is 2.61 bits per heavy atom. The normalized spacial score (nSPS) is 21.4. The molecule has 1 saturated heterocycles.